The molecular weight excluding hydrogens is 417 g/mol. The third-order valence-corrected chi connectivity index (χ3v) is 5.23. The number of carboxylic acids is 1. The van der Waals surface area contributed by atoms with Crippen LogP contribution in [0.4, 0.5) is 13.2 Å². The maximum Gasteiger partial charge on any atom is 0.417 e. The number of fused-ring (bicyclic) bond motifs is 1. The Kier molecular flexibility index (Phi) is 5.80. The second kappa shape index (κ2) is 7.96. The molecule has 28 heavy (non-hydrogen) atoms. The number of nitrogens with zero attached hydrogens (tertiary/aromatic N) is 4. The van der Waals surface area contributed by atoms with Crippen molar-refractivity contribution in [3.63, 3.8) is 0 Å². The van der Waals surface area contributed by atoms with Gasteiger partial charge in [0.15, 0.2) is 10.8 Å². The van der Waals surface area contributed by atoms with Crippen LogP contribution >= 0.6 is 23.4 Å². The van der Waals surface area contributed by atoms with E-state index in [4.69, 9.17) is 16.7 Å². The zero-order valence-corrected chi connectivity index (χ0v) is 16.1. The van der Waals surface area contributed by atoms with Crippen LogP contribution in [0.1, 0.15) is 24.1 Å². The van der Waals surface area contributed by atoms with Crippen LogP contribution < -0.4 is 0 Å². The Balaban J connectivity index is 1.96. The Morgan fingerprint density at radius 3 is 2.71 bits per heavy atom. The van der Waals surface area contributed by atoms with Crippen molar-refractivity contribution in [1.82, 2.24) is 19.5 Å². The monoisotopic (exact) mass is 430 g/mol. The third-order valence-electron chi connectivity index (χ3n) is 3.81. The van der Waals surface area contributed by atoms with E-state index in [0.29, 0.717) is 35.5 Å². The quantitative estimate of drug-likeness (QED) is 0.603. The van der Waals surface area contributed by atoms with Crippen molar-refractivity contribution in [2.75, 3.05) is 0 Å². The summed E-state index contributed by atoms with van der Waals surface area (Å²) in [6.45, 7) is 2.16. The van der Waals surface area contributed by atoms with Gasteiger partial charge in [-0.3, -0.25) is 4.79 Å². The van der Waals surface area contributed by atoms with Crippen LogP contribution in [0.5, 0.6) is 0 Å². The molecule has 0 unspecified atom stereocenters. The minimum absolute atomic E-state index is 0.0254. The number of imidazole rings is 1. The van der Waals surface area contributed by atoms with Gasteiger partial charge in [-0.2, -0.15) is 13.2 Å². The number of pyridine rings is 2. The van der Waals surface area contributed by atoms with Crippen LogP contribution in [0.2, 0.25) is 5.02 Å². The number of alkyl halides is 3. The van der Waals surface area contributed by atoms with Crippen LogP contribution in [0.3, 0.4) is 0 Å². The molecule has 0 bridgehead atoms. The molecule has 0 saturated carbocycles. The van der Waals surface area contributed by atoms with Crippen LogP contribution in [-0.2, 0) is 17.5 Å². The van der Waals surface area contributed by atoms with E-state index in [1.807, 2.05) is 13.0 Å². The first-order chi connectivity index (χ1) is 13.1. The van der Waals surface area contributed by atoms with Crippen molar-refractivity contribution in [2.24, 2.45) is 0 Å². The van der Waals surface area contributed by atoms with Crippen LogP contribution in [0.15, 0.2) is 34.6 Å². The zero-order chi connectivity index (χ0) is 20.5. The lowest BCUT2D eigenvalue weighted by molar-refractivity contribution is -0.138. The van der Waals surface area contributed by atoms with Gasteiger partial charge in [0.1, 0.15) is 5.03 Å². The van der Waals surface area contributed by atoms with Gasteiger partial charge in [-0.25, -0.2) is 15.0 Å². The van der Waals surface area contributed by atoms with Gasteiger partial charge in [0.2, 0.25) is 0 Å². The predicted molar refractivity (Wildman–Crippen MR) is 97.5 cm³/mol. The van der Waals surface area contributed by atoms with E-state index in [0.717, 1.165) is 23.5 Å². The van der Waals surface area contributed by atoms with Crippen molar-refractivity contribution in [3.8, 4) is 0 Å². The number of hydrogen-bond donors (Lipinski definition) is 1. The second-order valence-electron chi connectivity index (χ2n) is 5.95. The fourth-order valence-corrected chi connectivity index (χ4v) is 3.66. The zero-order valence-electron chi connectivity index (χ0n) is 14.5. The van der Waals surface area contributed by atoms with E-state index in [9.17, 15) is 18.0 Å². The normalized spacial score (nSPS) is 11.9. The Morgan fingerprint density at radius 1 is 1.32 bits per heavy atom. The summed E-state index contributed by atoms with van der Waals surface area (Å²) in [6, 6.07) is 4.43. The van der Waals surface area contributed by atoms with E-state index in [1.165, 1.54) is 0 Å². The third kappa shape index (κ3) is 4.56. The van der Waals surface area contributed by atoms with Crippen molar-refractivity contribution < 1.29 is 23.1 Å². The maximum atomic E-state index is 12.8. The molecule has 0 atom stereocenters. The lowest BCUT2D eigenvalue weighted by Crippen LogP contribution is -2.06. The summed E-state index contributed by atoms with van der Waals surface area (Å²) in [5, 5.41) is 9.31. The van der Waals surface area contributed by atoms with Crippen molar-refractivity contribution in [2.45, 2.75) is 42.7 Å². The van der Waals surface area contributed by atoms with Crippen molar-refractivity contribution >= 4 is 40.5 Å². The number of aryl methyl sites for hydroxylation is 2. The number of carboxylic acid groups (broad SMARTS) is 1. The molecule has 3 rings (SSSR count). The summed E-state index contributed by atoms with van der Waals surface area (Å²) in [5.74, 6) is -0.917. The molecule has 3 aromatic heterocycles. The average molecular weight is 431 g/mol. The number of aromatic nitrogens is 4. The second-order valence-corrected chi connectivity index (χ2v) is 7.31. The van der Waals surface area contributed by atoms with Gasteiger partial charge in [-0.1, -0.05) is 11.6 Å². The molecule has 3 heterocycles. The van der Waals surface area contributed by atoms with Gasteiger partial charge in [-0.15, -0.1) is 0 Å². The summed E-state index contributed by atoms with van der Waals surface area (Å²) in [5.41, 5.74) is 0.974. The summed E-state index contributed by atoms with van der Waals surface area (Å²) in [4.78, 5) is 23.4. The molecule has 0 fully saturated rings. The minimum atomic E-state index is -4.54. The van der Waals surface area contributed by atoms with Gasteiger partial charge in [-0.05, 0) is 43.3 Å². The Morgan fingerprint density at radius 2 is 2.07 bits per heavy atom. The van der Waals surface area contributed by atoms with Crippen molar-refractivity contribution in [3.05, 3.63) is 40.7 Å². The number of halogens is 4. The van der Waals surface area contributed by atoms with E-state index >= 15 is 0 Å². The van der Waals surface area contributed by atoms with E-state index in [2.05, 4.69) is 15.0 Å². The largest absolute Gasteiger partial charge is 0.481 e. The first-order valence-electron chi connectivity index (χ1n) is 8.11. The number of carbonyl (C=O) groups is 1. The molecule has 148 valence electrons. The highest BCUT2D eigenvalue weighted by atomic mass is 35.5. The molecule has 0 saturated heterocycles. The Bertz CT molecular complexity index is 1040. The van der Waals surface area contributed by atoms with Crippen LogP contribution in [0, 0.1) is 6.92 Å². The molecule has 3 aromatic rings. The van der Waals surface area contributed by atoms with Gasteiger partial charge in [0.25, 0.3) is 0 Å². The molecular formula is C17H14ClF3N4O2S. The molecule has 0 spiro atoms. The molecule has 1 N–H and O–H groups in total. The number of rotatable bonds is 6. The average Bonchev–Trinajstić information content (AvgIpc) is 2.92. The van der Waals surface area contributed by atoms with E-state index in [1.54, 1.807) is 10.6 Å². The smallest absolute Gasteiger partial charge is 0.417 e. The lowest BCUT2D eigenvalue weighted by atomic mass is 10.3. The van der Waals surface area contributed by atoms with Gasteiger partial charge >= 0.3 is 12.1 Å². The van der Waals surface area contributed by atoms with E-state index < -0.39 is 17.7 Å². The molecule has 11 heteroatoms. The molecule has 0 aromatic carbocycles. The Hall–Kier alpha value is -2.33. The molecule has 0 aliphatic carbocycles. The fourth-order valence-electron chi connectivity index (χ4n) is 2.51. The summed E-state index contributed by atoms with van der Waals surface area (Å²) >= 11 is 7.00. The molecule has 0 radical (unpaired) electrons. The standard InChI is InChI=1S/C17H14ClF3N4O2S/c1-9-4-5-12-14(23-9)24-16(25(12)6-2-3-13(26)27)28-15-11(18)7-10(8-22-15)17(19,20)21/h4-5,7-8H,2-3,6H2,1H3,(H,26,27). The number of aliphatic carboxylic acids is 1. The molecule has 6 nitrogen and oxygen atoms in total. The lowest BCUT2D eigenvalue weighted by Gasteiger charge is -2.10. The summed E-state index contributed by atoms with van der Waals surface area (Å²) in [7, 11) is 0. The molecule has 0 amide bonds. The highest BCUT2D eigenvalue weighted by Crippen LogP contribution is 2.36. The summed E-state index contributed by atoms with van der Waals surface area (Å²) in [6.07, 6.45) is -3.49. The Labute approximate surface area is 166 Å². The van der Waals surface area contributed by atoms with Gasteiger partial charge < -0.3 is 9.67 Å². The predicted octanol–water partition coefficient (Wildman–Crippen LogP) is 4.82. The van der Waals surface area contributed by atoms with Crippen LogP contribution in [0.25, 0.3) is 11.2 Å². The van der Waals surface area contributed by atoms with Gasteiger partial charge in [0, 0.05) is 24.9 Å². The topological polar surface area (TPSA) is 80.9 Å². The SMILES string of the molecule is Cc1ccc2c(n1)nc(Sc1ncc(C(F)(F)F)cc1Cl)n2CCCC(=O)O. The minimum Gasteiger partial charge on any atom is -0.481 e. The van der Waals surface area contributed by atoms with E-state index in [-0.39, 0.29) is 16.5 Å². The highest BCUT2D eigenvalue weighted by Gasteiger charge is 2.31. The highest BCUT2D eigenvalue weighted by molar-refractivity contribution is 7.99. The van der Waals surface area contributed by atoms with Crippen molar-refractivity contribution in [1.29, 1.82) is 0 Å². The molecule has 0 aliphatic heterocycles. The first-order valence-corrected chi connectivity index (χ1v) is 9.31. The van der Waals surface area contributed by atoms with Gasteiger partial charge in [0.05, 0.1) is 16.1 Å². The fraction of sp³-hybridized carbons (Fsp3) is 0.294. The molecule has 0 aliphatic rings. The summed E-state index contributed by atoms with van der Waals surface area (Å²) < 4.78 is 40.2. The van der Waals surface area contributed by atoms with Crippen LogP contribution in [-0.4, -0.2) is 30.6 Å². The maximum absolute atomic E-state index is 12.8. The number of hydrogen-bond acceptors (Lipinski definition) is 5. The first kappa shape index (κ1) is 20.4.